The Balaban J connectivity index is 1.52. The second kappa shape index (κ2) is 9.94. The number of anilines is 1. The van der Waals surface area contributed by atoms with Crippen molar-refractivity contribution in [2.45, 2.75) is 58.2 Å². The summed E-state index contributed by atoms with van der Waals surface area (Å²) in [5.74, 6) is 3.46. The maximum Gasteiger partial charge on any atom is 0.237 e. The molecule has 1 aliphatic heterocycles. The van der Waals surface area contributed by atoms with E-state index in [0.717, 1.165) is 49.2 Å². The molecule has 1 fully saturated rings. The Labute approximate surface area is 188 Å². The molecule has 0 spiro atoms. The molecule has 2 atom stereocenters. The van der Waals surface area contributed by atoms with Gasteiger partial charge < -0.3 is 14.2 Å². The van der Waals surface area contributed by atoms with E-state index in [4.69, 9.17) is 4.42 Å². The van der Waals surface area contributed by atoms with Gasteiger partial charge in [-0.3, -0.25) is 9.36 Å². The van der Waals surface area contributed by atoms with Crippen LogP contribution in [0.4, 0.5) is 5.95 Å². The molecule has 2 aromatic heterocycles. The van der Waals surface area contributed by atoms with Crippen molar-refractivity contribution < 1.29 is 9.21 Å². The zero-order valence-electron chi connectivity index (χ0n) is 18.8. The Morgan fingerprint density at radius 1 is 1.29 bits per heavy atom. The second-order valence-electron chi connectivity index (χ2n) is 8.81. The molecule has 2 aliphatic rings. The minimum atomic E-state index is 0.134. The summed E-state index contributed by atoms with van der Waals surface area (Å²) in [7, 11) is 0. The first-order chi connectivity index (χ1) is 15.0. The Morgan fingerprint density at radius 2 is 2.10 bits per heavy atom. The number of carbonyl (C=O) groups is 1. The molecule has 0 radical (unpaired) electrons. The number of amides is 1. The third kappa shape index (κ3) is 5.17. The Hall–Kier alpha value is -2.22. The third-order valence-corrected chi connectivity index (χ3v) is 7.00. The number of rotatable bonds is 8. The number of aromatic nitrogens is 3. The van der Waals surface area contributed by atoms with Crippen molar-refractivity contribution in [3.05, 3.63) is 35.9 Å². The zero-order valence-corrected chi connectivity index (χ0v) is 19.6. The first kappa shape index (κ1) is 22.0. The van der Waals surface area contributed by atoms with Crippen LogP contribution in [0.25, 0.3) is 0 Å². The van der Waals surface area contributed by atoms with Crippen molar-refractivity contribution in [3.63, 3.8) is 0 Å². The molecule has 31 heavy (non-hydrogen) atoms. The second-order valence-corrected chi connectivity index (χ2v) is 9.76. The lowest BCUT2D eigenvalue weighted by Gasteiger charge is -2.35. The van der Waals surface area contributed by atoms with Crippen LogP contribution >= 0.6 is 11.8 Å². The van der Waals surface area contributed by atoms with Crippen LogP contribution in [0.15, 0.2) is 39.7 Å². The third-order valence-electron chi connectivity index (χ3n) is 6.05. The van der Waals surface area contributed by atoms with Crippen molar-refractivity contribution in [2.24, 2.45) is 11.8 Å². The fourth-order valence-corrected chi connectivity index (χ4v) is 5.60. The van der Waals surface area contributed by atoms with Gasteiger partial charge in [0.05, 0.1) is 18.6 Å². The van der Waals surface area contributed by atoms with Gasteiger partial charge >= 0.3 is 0 Å². The van der Waals surface area contributed by atoms with Gasteiger partial charge in [0, 0.05) is 25.3 Å². The van der Waals surface area contributed by atoms with E-state index in [2.05, 4.69) is 39.6 Å². The summed E-state index contributed by atoms with van der Waals surface area (Å²) in [4.78, 5) is 17.2. The fourth-order valence-electron chi connectivity index (χ4n) is 4.79. The predicted octanol–water partition coefficient (Wildman–Crippen LogP) is 4.41. The average molecular weight is 444 g/mol. The topological polar surface area (TPSA) is 67.4 Å². The van der Waals surface area contributed by atoms with Crippen molar-refractivity contribution in [1.29, 1.82) is 0 Å². The van der Waals surface area contributed by atoms with E-state index in [1.54, 1.807) is 6.26 Å². The molecule has 3 heterocycles. The van der Waals surface area contributed by atoms with Crippen molar-refractivity contribution in [1.82, 2.24) is 19.7 Å². The normalized spacial score (nSPS) is 21.4. The highest BCUT2D eigenvalue weighted by atomic mass is 32.2. The van der Waals surface area contributed by atoms with Crippen LogP contribution in [0.5, 0.6) is 0 Å². The minimum Gasteiger partial charge on any atom is -0.467 e. The lowest BCUT2D eigenvalue weighted by molar-refractivity contribution is -0.126. The van der Waals surface area contributed by atoms with Crippen molar-refractivity contribution in [3.8, 4) is 0 Å². The molecule has 2 unspecified atom stereocenters. The molecule has 1 amide bonds. The molecule has 168 valence electrons. The molecular formula is C23H33N5O2S. The van der Waals surface area contributed by atoms with Gasteiger partial charge in [0.25, 0.3) is 0 Å². The molecule has 0 N–H and O–H groups in total. The van der Waals surface area contributed by atoms with Gasteiger partial charge in [-0.25, -0.2) is 0 Å². The molecule has 1 saturated heterocycles. The Bertz CT molecular complexity index is 897. The summed E-state index contributed by atoms with van der Waals surface area (Å²) in [6.07, 6.45) is 8.33. The smallest absolute Gasteiger partial charge is 0.237 e. The standard InChI is InChI=1S/C23H33N5O2S/c1-4-27(19-8-5-6-9-19)21(29)16-31-23-25-24-22(26-13-17(2)12-18(3)14-26)28(23)15-20-10-7-11-30-20/h7-8,10-11,17-18H,4-6,9,12-16H2,1-3H3. The van der Waals surface area contributed by atoms with Gasteiger partial charge in [-0.1, -0.05) is 31.7 Å². The van der Waals surface area contributed by atoms with Crippen LogP contribution in [0.1, 0.15) is 52.2 Å². The fraction of sp³-hybridized carbons (Fsp3) is 0.609. The largest absolute Gasteiger partial charge is 0.467 e. The van der Waals surface area contributed by atoms with E-state index in [1.165, 1.54) is 23.9 Å². The number of thioether (sulfide) groups is 1. The van der Waals surface area contributed by atoms with Crippen LogP contribution < -0.4 is 4.90 Å². The minimum absolute atomic E-state index is 0.134. The number of carbonyl (C=O) groups excluding carboxylic acids is 1. The monoisotopic (exact) mass is 443 g/mol. The van der Waals surface area contributed by atoms with Gasteiger partial charge in [0.15, 0.2) is 5.16 Å². The van der Waals surface area contributed by atoms with Gasteiger partial charge in [0.1, 0.15) is 5.76 Å². The van der Waals surface area contributed by atoms with E-state index in [0.29, 0.717) is 30.7 Å². The number of allylic oxidation sites excluding steroid dienone is 2. The molecule has 1 aliphatic carbocycles. The maximum absolute atomic E-state index is 12.9. The summed E-state index contributed by atoms with van der Waals surface area (Å²) in [5.41, 5.74) is 1.17. The van der Waals surface area contributed by atoms with Gasteiger partial charge in [-0.05, 0) is 56.6 Å². The van der Waals surface area contributed by atoms with Crippen LogP contribution in [-0.2, 0) is 11.3 Å². The Morgan fingerprint density at radius 3 is 2.74 bits per heavy atom. The summed E-state index contributed by atoms with van der Waals surface area (Å²) in [6.45, 7) is 9.84. The van der Waals surface area contributed by atoms with Crippen LogP contribution in [0, 0.1) is 11.8 Å². The highest BCUT2D eigenvalue weighted by Crippen LogP contribution is 2.30. The molecule has 2 aromatic rings. The SMILES string of the molecule is CCN(C(=O)CSc1nnc(N2CC(C)CC(C)C2)n1Cc1ccco1)C1=CCCC1. The Kier molecular flexibility index (Phi) is 7.05. The predicted molar refractivity (Wildman–Crippen MR) is 123 cm³/mol. The molecule has 0 saturated carbocycles. The van der Waals surface area contributed by atoms with Crippen LogP contribution in [0.3, 0.4) is 0 Å². The molecule has 8 heteroatoms. The molecule has 4 rings (SSSR count). The quantitative estimate of drug-likeness (QED) is 0.563. The van der Waals surface area contributed by atoms with Crippen molar-refractivity contribution in [2.75, 3.05) is 30.3 Å². The zero-order chi connectivity index (χ0) is 21.8. The lowest BCUT2D eigenvalue weighted by atomic mass is 9.92. The number of hydrogen-bond donors (Lipinski definition) is 0. The maximum atomic E-state index is 12.9. The number of furan rings is 1. The molecule has 0 aromatic carbocycles. The van der Waals surface area contributed by atoms with Gasteiger partial charge in [-0.2, -0.15) is 0 Å². The van der Waals surface area contributed by atoms with E-state index >= 15 is 0 Å². The summed E-state index contributed by atoms with van der Waals surface area (Å²) < 4.78 is 7.71. The van der Waals surface area contributed by atoms with Gasteiger partial charge in [0.2, 0.25) is 11.9 Å². The van der Waals surface area contributed by atoms with E-state index in [1.807, 2.05) is 24.0 Å². The first-order valence-electron chi connectivity index (χ1n) is 11.4. The van der Waals surface area contributed by atoms with E-state index in [-0.39, 0.29) is 5.91 Å². The number of piperidine rings is 1. The van der Waals surface area contributed by atoms with E-state index < -0.39 is 0 Å². The first-order valence-corrected chi connectivity index (χ1v) is 12.4. The summed E-state index contributed by atoms with van der Waals surface area (Å²) in [5, 5.41) is 9.80. The average Bonchev–Trinajstić information content (AvgIpc) is 3.49. The molecular weight excluding hydrogens is 410 g/mol. The van der Waals surface area contributed by atoms with Crippen molar-refractivity contribution >= 4 is 23.6 Å². The van der Waals surface area contributed by atoms with Crippen LogP contribution in [0.2, 0.25) is 0 Å². The summed E-state index contributed by atoms with van der Waals surface area (Å²) >= 11 is 1.47. The lowest BCUT2D eigenvalue weighted by Crippen LogP contribution is -2.40. The molecule has 0 bridgehead atoms. The number of nitrogens with zero attached hydrogens (tertiary/aromatic N) is 5. The van der Waals surface area contributed by atoms with Crippen LogP contribution in [-0.4, -0.2) is 51.0 Å². The van der Waals surface area contributed by atoms with E-state index in [9.17, 15) is 4.79 Å². The number of hydrogen-bond acceptors (Lipinski definition) is 6. The highest BCUT2D eigenvalue weighted by molar-refractivity contribution is 7.99. The molecule has 7 nitrogen and oxygen atoms in total. The summed E-state index contributed by atoms with van der Waals surface area (Å²) in [6, 6.07) is 3.87. The van der Waals surface area contributed by atoms with Gasteiger partial charge in [-0.15, -0.1) is 10.2 Å². The highest BCUT2D eigenvalue weighted by Gasteiger charge is 2.28.